The summed E-state index contributed by atoms with van der Waals surface area (Å²) in [6.07, 6.45) is 0. The molecule has 1 rings (SSSR count). The Labute approximate surface area is 109 Å². The van der Waals surface area contributed by atoms with Crippen LogP contribution in [0.4, 0.5) is 0 Å². The number of ether oxygens (including phenoxy) is 1. The van der Waals surface area contributed by atoms with Crippen LogP contribution < -0.4 is 5.32 Å². The van der Waals surface area contributed by atoms with Crippen LogP contribution in [0, 0.1) is 6.92 Å². The van der Waals surface area contributed by atoms with Crippen molar-refractivity contribution in [3.8, 4) is 0 Å². The molecule has 0 unspecified atom stereocenters. The molecule has 0 radical (unpaired) electrons. The van der Waals surface area contributed by atoms with Gasteiger partial charge in [0, 0.05) is 30.3 Å². The summed E-state index contributed by atoms with van der Waals surface area (Å²) in [6, 6.07) is 7.22. The van der Waals surface area contributed by atoms with Crippen LogP contribution in [0.5, 0.6) is 0 Å². The molecule has 0 atom stereocenters. The van der Waals surface area contributed by atoms with Gasteiger partial charge in [-0.25, -0.2) is 0 Å². The fraction of sp³-hybridized carbons (Fsp3) is 0.571. The van der Waals surface area contributed by atoms with Gasteiger partial charge < -0.3 is 10.1 Å². The molecule has 0 amide bonds. The lowest BCUT2D eigenvalue weighted by Crippen LogP contribution is -2.22. The molecule has 0 saturated heterocycles. The maximum absolute atomic E-state index is 5.05. The van der Waals surface area contributed by atoms with Crippen LogP contribution in [-0.2, 0) is 11.3 Å². The van der Waals surface area contributed by atoms with Crippen LogP contribution >= 0.6 is 11.8 Å². The third-order valence-electron chi connectivity index (χ3n) is 2.57. The normalized spacial score (nSPS) is 11.1. The highest BCUT2D eigenvalue weighted by Crippen LogP contribution is 2.21. The van der Waals surface area contributed by atoms with E-state index >= 15 is 0 Å². The Kier molecular flexibility index (Phi) is 6.63. The Morgan fingerprint density at radius 1 is 1.35 bits per heavy atom. The standard InChI is InChI=1S/C14H23NOS/c1-11(2)15-10-13-5-6-14(9-12(13)3)17-8-7-16-4/h5-6,9,11,15H,7-8,10H2,1-4H3. The highest BCUT2D eigenvalue weighted by Gasteiger charge is 2.01. The summed E-state index contributed by atoms with van der Waals surface area (Å²) in [7, 11) is 1.74. The summed E-state index contributed by atoms with van der Waals surface area (Å²) < 4.78 is 5.05. The summed E-state index contributed by atoms with van der Waals surface area (Å²) in [5, 5.41) is 3.45. The highest BCUT2D eigenvalue weighted by atomic mass is 32.2. The van der Waals surface area contributed by atoms with Crippen molar-refractivity contribution in [2.24, 2.45) is 0 Å². The Bertz CT molecular complexity index is 339. The van der Waals surface area contributed by atoms with Gasteiger partial charge in [-0.1, -0.05) is 19.9 Å². The molecule has 1 N–H and O–H groups in total. The van der Waals surface area contributed by atoms with E-state index in [9.17, 15) is 0 Å². The number of thioether (sulfide) groups is 1. The lowest BCUT2D eigenvalue weighted by atomic mass is 10.1. The zero-order chi connectivity index (χ0) is 12.7. The van der Waals surface area contributed by atoms with Crippen LogP contribution in [0.3, 0.4) is 0 Å². The van der Waals surface area contributed by atoms with Gasteiger partial charge in [-0.15, -0.1) is 11.8 Å². The average molecular weight is 253 g/mol. The molecule has 0 aliphatic carbocycles. The Hall–Kier alpha value is -0.510. The van der Waals surface area contributed by atoms with Crippen molar-refractivity contribution in [2.45, 2.75) is 38.3 Å². The second-order valence-corrected chi connectivity index (χ2v) is 5.63. The van der Waals surface area contributed by atoms with Crippen molar-refractivity contribution in [1.29, 1.82) is 0 Å². The fourth-order valence-electron chi connectivity index (χ4n) is 1.51. The van der Waals surface area contributed by atoms with Gasteiger partial charge in [-0.3, -0.25) is 0 Å². The Morgan fingerprint density at radius 2 is 2.12 bits per heavy atom. The molecule has 0 heterocycles. The van der Waals surface area contributed by atoms with Crippen molar-refractivity contribution < 1.29 is 4.74 Å². The largest absolute Gasteiger partial charge is 0.384 e. The van der Waals surface area contributed by atoms with Gasteiger partial charge in [-0.05, 0) is 30.2 Å². The predicted octanol–water partition coefficient (Wildman–Crippen LogP) is 3.23. The summed E-state index contributed by atoms with van der Waals surface area (Å²) >= 11 is 1.85. The molecule has 0 spiro atoms. The minimum atomic E-state index is 0.533. The van der Waals surface area contributed by atoms with Crippen molar-refractivity contribution >= 4 is 11.8 Å². The first kappa shape index (κ1) is 14.6. The molecule has 3 heteroatoms. The Morgan fingerprint density at radius 3 is 2.71 bits per heavy atom. The van der Waals surface area contributed by atoms with Crippen molar-refractivity contribution in [1.82, 2.24) is 5.32 Å². The molecule has 0 bridgehead atoms. The Balaban J connectivity index is 2.53. The maximum atomic E-state index is 5.05. The first-order valence-electron chi connectivity index (χ1n) is 6.08. The number of hydrogen-bond acceptors (Lipinski definition) is 3. The summed E-state index contributed by atoms with van der Waals surface area (Å²) in [4.78, 5) is 1.33. The predicted molar refractivity (Wildman–Crippen MR) is 75.8 cm³/mol. The number of methoxy groups -OCH3 is 1. The summed E-state index contributed by atoms with van der Waals surface area (Å²) in [5.74, 6) is 1.01. The van der Waals surface area contributed by atoms with Crippen LogP contribution in [0.2, 0.25) is 0 Å². The molecule has 0 aliphatic rings. The first-order valence-corrected chi connectivity index (χ1v) is 7.06. The molecular formula is C14H23NOS. The average Bonchev–Trinajstić information content (AvgIpc) is 2.28. The van der Waals surface area contributed by atoms with Crippen molar-refractivity contribution in [3.05, 3.63) is 29.3 Å². The van der Waals surface area contributed by atoms with E-state index in [-0.39, 0.29) is 0 Å². The molecular weight excluding hydrogens is 230 g/mol. The highest BCUT2D eigenvalue weighted by molar-refractivity contribution is 7.99. The first-order chi connectivity index (χ1) is 8.13. The molecule has 1 aromatic carbocycles. The van der Waals surface area contributed by atoms with Gasteiger partial charge in [0.25, 0.3) is 0 Å². The molecule has 96 valence electrons. The van der Waals surface area contributed by atoms with Gasteiger partial charge in [0.05, 0.1) is 6.61 Å². The van der Waals surface area contributed by atoms with E-state index in [4.69, 9.17) is 4.74 Å². The number of nitrogens with one attached hydrogen (secondary N) is 1. The lowest BCUT2D eigenvalue weighted by Gasteiger charge is -2.11. The fourth-order valence-corrected chi connectivity index (χ4v) is 2.42. The second-order valence-electron chi connectivity index (χ2n) is 4.47. The summed E-state index contributed by atoms with van der Waals surface area (Å²) in [6.45, 7) is 8.28. The molecule has 17 heavy (non-hydrogen) atoms. The molecule has 2 nitrogen and oxygen atoms in total. The number of benzene rings is 1. The lowest BCUT2D eigenvalue weighted by molar-refractivity contribution is 0.218. The maximum Gasteiger partial charge on any atom is 0.0556 e. The van der Waals surface area contributed by atoms with Crippen molar-refractivity contribution in [3.63, 3.8) is 0 Å². The quantitative estimate of drug-likeness (QED) is 0.595. The van der Waals surface area contributed by atoms with Crippen molar-refractivity contribution in [2.75, 3.05) is 19.5 Å². The number of aryl methyl sites for hydroxylation is 1. The van der Waals surface area contributed by atoms with E-state index in [1.807, 2.05) is 11.8 Å². The van der Waals surface area contributed by atoms with E-state index in [1.165, 1.54) is 16.0 Å². The van der Waals surface area contributed by atoms with E-state index in [2.05, 4.69) is 44.3 Å². The zero-order valence-corrected chi connectivity index (χ0v) is 12.1. The zero-order valence-electron chi connectivity index (χ0n) is 11.2. The SMILES string of the molecule is COCCSc1ccc(CNC(C)C)c(C)c1. The van der Waals surface area contributed by atoms with Gasteiger partial charge in [0.1, 0.15) is 0 Å². The number of rotatable bonds is 7. The van der Waals surface area contributed by atoms with E-state index in [0.29, 0.717) is 6.04 Å². The van der Waals surface area contributed by atoms with Gasteiger partial charge >= 0.3 is 0 Å². The molecule has 0 fully saturated rings. The van der Waals surface area contributed by atoms with Crippen LogP contribution in [0.1, 0.15) is 25.0 Å². The molecule has 0 saturated carbocycles. The van der Waals surface area contributed by atoms with Gasteiger partial charge in [0.15, 0.2) is 0 Å². The number of hydrogen-bond donors (Lipinski definition) is 1. The smallest absolute Gasteiger partial charge is 0.0556 e. The van der Waals surface area contributed by atoms with Gasteiger partial charge in [0.2, 0.25) is 0 Å². The van der Waals surface area contributed by atoms with E-state index < -0.39 is 0 Å². The van der Waals surface area contributed by atoms with Gasteiger partial charge in [-0.2, -0.15) is 0 Å². The van der Waals surface area contributed by atoms with Crippen LogP contribution in [0.25, 0.3) is 0 Å². The second kappa shape index (κ2) is 7.75. The molecule has 0 aliphatic heterocycles. The third kappa shape index (κ3) is 5.57. The minimum absolute atomic E-state index is 0.533. The minimum Gasteiger partial charge on any atom is -0.384 e. The third-order valence-corrected chi connectivity index (χ3v) is 3.53. The molecule has 1 aromatic rings. The topological polar surface area (TPSA) is 21.3 Å². The molecule has 0 aromatic heterocycles. The summed E-state index contributed by atoms with van der Waals surface area (Å²) in [5.41, 5.74) is 2.75. The van der Waals surface area contributed by atoms with E-state index in [1.54, 1.807) is 7.11 Å². The monoisotopic (exact) mass is 253 g/mol. The van der Waals surface area contributed by atoms with E-state index in [0.717, 1.165) is 18.9 Å². The van der Waals surface area contributed by atoms with Crippen LogP contribution in [-0.4, -0.2) is 25.5 Å². The van der Waals surface area contributed by atoms with Crippen LogP contribution in [0.15, 0.2) is 23.1 Å².